The van der Waals surface area contributed by atoms with E-state index < -0.39 is 6.03 Å². The number of nitrogens with one attached hydrogen (secondary N) is 2. The van der Waals surface area contributed by atoms with E-state index in [1.807, 2.05) is 0 Å². The summed E-state index contributed by atoms with van der Waals surface area (Å²) in [5.74, 6) is 0.510. The number of carbonyl (C=O) groups excluding carboxylic acids is 2. The average molecular weight is 478 g/mol. The highest BCUT2D eigenvalue weighted by atomic mass is 35.5. The summed E-state index contributed by atoms with van der Waals surface area (Å²) in [6.45, 7) is 0.329. The number of anilines is 1. The Morgan fingerprint density at radius 3 is 2.94 bits per heavy atom. The lowest BCUT2D eigenvalue weighted by Crippen LogP contribution is -2.28. The van der Waals surface area contributed by atoms with Gasteiger partial charge in [0.15, 0.2) is 17.3 Å². The molecule has 2 N–H and O–H groups in total. The van der Waals surface area contributed by atoms with E-state index in [0.29, 0.717) is 33.5 Å². The van der Waals surface area contributed by atoms with Crippen LogP contribution in [-0.2, 0) is 13.1 Å². The first-order chi connectivity index (χ1) is 15.4. The van der Waals surface area contributed by atoms with Crippen LogP contribution >= 0.6 is 23.1 Å². The van der Waals surface area contributed by atoms with E-state index in [1.54, 1.807) is 25.2 Å². The van der Waals surface area contributed by atoms with Gasteiger partial charge in [-0.15, -0.1) is 0 Å². The summed E-state index contributed by atoms with van der Waals surface area (Å²) in [7, 11) is 1.60. The zero-order valence-electron chi connectivity index (χ0n) is 16.7. The van der Waals surface area contributed by atoms with Crippen molar-refractivity contribution in [3.63, 3.8) is 0 Å². The minimum Gasteiger partial charge on any atom is -0.454 e. The van der Waals surface area contributed by atoms with Gasteiger partial charge in [0.2, 0.25) is 11.9 Å². The Morgan fingerprint density at radius 2 is 2.12 bits per heavy atom. The molecule has 2 aromatic carbocycles. The van der Waals surface area contributed by atoms with Crippen LogP contribution in [0.25, 0.3) is 0 Å². The summed E-state index contributed by atoms with van der Waals surface area (Å²) < 4.78 is 27.9. The van der Waals surface area contributed by atoms with Crippen molar-refractivity contribution < 1.29 is 23.5 Å². The van der Waals surface area contributed by atoms with Gasteiger partial charge in [0.25, 0.3) is 5.91 Å². The normalized spacial score (nSPS) is 11.8. The fourth-order valence-corrected chi connectivity index (χ4v) is 3.77. The Hall–Kier alpha value is -3.44. The molecule has 4 rings (SSSR count). The van der Waals surface area contributed by atoms with Crippen molar-refractivity contribution >= 4 is 40.2 Å². The van der Waals surface area contributed by atoms with Gasteiger partial charge in [0.1, 0.15) is 5.82 Å². The van der Waals surface area contributed by atoms with Crippen molar-refractivity contribution in [2.24, 2.45) is 0 Å². The van der Waals surface area contributed by atoms with Crippen LogP contribution in [0.5, 0.6) is 11.5 Å². The summed E-state index contributed by atoms with van der Waals surface area (Å²) in [5.41, 5.74) is 0.967. The number of aromatic nitrogens is 2. The fraction of sp³-hybridized carbons (Fsp3) is 0.200. The summed E-state index contributed by atoms with van der Waals surface area (Å²) in [6, 6.07) is 8.51. The molecule has 12 heteroatoms. The van der Waals surface area contributed by atoms with Crippen LogP contribution in [0.2, 0.25) is 5.02 Å². The van der Waals surface area contributed by atoms with E-state index in [1.165, 1.54) is 23.1 Å². The number of amides is 3. The molecule has 0 saturated heterocycles. The highest BCUT2D eigenvalue weighted by Gasteiger charge is 2.23. The molecule has 0 saturated carbocycles. The summed E-state index contributed by atoms with van der Waals surface area (Å²) >= 11 is 7.13. The van der Waals surface area contributed by atoms with Crippen LogP contribution in [0.3, 0.4) is 0 Å². The Bertz CT molecular complexity index is 1170. The highest BCUT2D eigenvalue weighted by Crippen LogP contribution is 2.40. The first-order valence-electron chi connectivity index (χ1n) is 9.35. The maximum absolute atomic E-state index is 13.2. The minimum absolute atomic E-state index is 0.0525. The molecule has 1 aromatic heterocycles. The van der Waals surface area contributed by atoms with E-state index in [9.17, 15) is 14.0 Å². The van der Waals surface area contributed by atoms with Crippen LogP contribution in [0.1, 0.15) is 21.7 Å². The first-order valence-corrected chi connectivity index (χ1v) is 10.5. The lowest BCUT2D eigenvalue weighted by atomic mass is 10.1. The molecule has 3 aromatic rings. The lowest BCUT2D eigenvalue weighted by molar-refractivity contribution is 0.0781. The number of ether oxygens (including phenoxy) is 2. The van der Waals surface area contributed by atoms with E-state index in [-0.39, 0.29) is 36.7 Å². The molecule has 166 valence electrons. The maximum atomic E-state index is 13.2. The average Bonchev–Trinajstić information content (AvgIpc) is 3.41. The molecule has 0 bridgehead atoms. The molecule has 1 aliphatic heterocycles. The van der Waals surface area contributed by atoms with Gasteiger partial charge in [-0.1, -0.05) is 23.7 Å². The summed E-state index contributed by atoms with van der Waals surface area (Å²) in [6.07, 6.45) is 0. The van der Waals surface area contributed by atoms with Crippen LogP contribution in [0.4, 0.5) is 14.3 Å². The molecule has 0 aliphatic carbocycles. The third kappa shape index (κ3) is 5.06. The molecule has 3 amide bonds. The molecule has 0 atom stereocenters. The molecule has 0 spiro atoms. The summed E-state index contributed by atoms with van der Waals surface area (Å²) in [5, 5.41) is 5.74. The lowest BCUT2D eigenvalue weighted by Gasteiger charge is -2.15. The second-order valence-corrected chi connectivity index (χ2v) is 7.97. The van der Waals surface area contributed by atoms with Crippen molar-refractivity contribution in [3.8, 4) is 11.5 Å². The van der Waals surface area contributed by atoms with Crippen molar-refractivity contribution in [1.29, 1.82) is 0 Å². The van der Waals surface area contributed by atoms with Gasteiger partial charge < -0.3 is 19.7 Å². The van der Waals surface area contributed by atoms with Gasteiger partial charge in [-0.3, -0.25) is 10.1 Å². The highest BCUT2D eigenvalue weighted by molar-refractivity contribution is 7.09. The second kappa shape index (κ2) is 9.37. The van der Waals surface area contributed by atoms with E-state index in [4.69, 9.17) is 21.1 Å². The standard InChI is InChI=1S/C20H17ClFN5O4S/c1-27(18(28)12-6-14(21)17-15(7-12)30-10-31-17)9-16-24-20(32-26-16)25-19(29)23-8-11-3-2-4-13(22)5-11/h2-7H,8-10H2,1H3,(H2,23,24,25,26,29). The minimum atomic E-state index is -0.503. The number of carbonyl (C=O) groups is 2. The number of urea groups is 1. The molecular weight excluding hydrogens is 461 g/mol. The van der Waals surface area contributed by atoms with Crippen LogP contribution < -0.4 is 20.1 Å². The Morgan fingerprint density at radius 1 is 1.28 bits per heavy atom. The zero-order valence-corrected chi connectivity index (χ0v) is 18.3. The number of hydrogen-bond donors (Lipinski definition) is 2. The number of fused-ring (bicyclic) bond motifs is 1. The number of nitrogens with zero attached hydrogens (tertiary/aromatic N) is 3. The molecule has 32 heavy (non-hydrogen) atoms. The third-order valence-electron chi connectivity index (χ3n) is 4.43. The van der Waals surface area contributed by atoms with Gasteiger partial charge in [-0.25, -0.2) is 14.2 Å². The molecule has 0 radical (unpaired) electrons. The predicted molar refractivity (Wildman–Crippen MR) is 116 cm³/mol. The SMILES string of the molecule is CN(Cc1nsc(NC(=O)NCc2cccc(F)c2)n1)C(=O)c1cc(Cl)c2c(c1)OCO2. The van der Waals surface area contributed by atoms with Crippen LogP contribution in [-0.4, -0.2) is 40.0 Å². The monoisotopic (exact) mass is 477 g/mol. The summed E-state index contributed by atoms with van der Waals surface area (Å²) in [4.78, 5) is 30.4. The van der Waals surface area contributed by atoms with E-state index in [0.717, 1.165) is 11.5 Å². The molecule has 0 unspecified atom stereocenters. The fourth-order valence-electron chi connectivity index (χ4n) is 2.93. The number of benzene rings is 2. The Kier molecular flexibility index (Phi) is 6.37. The van der Waals surface area contributed by atoms with E-state index >= 15 is 0 Å². The molecule has 2 heterocycles. The Labute approximate surface area is 191 Å². The first kappa shape index (κ1) is 21.8. The largest absolute Gasteiger partial charge is 0.454 e. The van der Waals surface area contributed by atoms with Gasteiger partial charge in [0.05, 0.1) is 11.6 Å². The molecule has 0 fully saturated rings. The van der Waals surface area contributed by atoms with Gasteiger partial charge in [0, 0.05) is 30.7 Å². The van der Waals surface area contributed by atoms with Crippen LogP contribution in [0.15, 0.2) is 36.4 Å². The molecule has 9 nitrogen and oxygen atoms in total. The predicted octanol–water partition coefficient (Wildman–Crippen LogP) is 3.65. The Balaban J connectivity index is 1.32. The van der Waals surface area contributed by atoms with E-state index in [2.05, 4.69) is 20.0 Å². The number of rotatable bonds is 6. The molecular formula is C20H17ClFN5O4S. The topological polar surface area (TPSA) is 106 Å². The van der Waals surface area contributed by atoms with Crippen LogP contribution in [0, 0.1) is 5.82 Å². The van der Waals surface area contributed by atoms with Gasteiger partial charge >= 0.3 is 6.03 Å². The quantitative estimate of drug-likeness (QED) is 0.561. The van der Waals surface area contributed by atoms with Crippen molar-refractivity contribution in [2.75, 3.05) is 19.2 Å². The smallest absolute Gasteiger partial charge is 0.321 e. The van der Waals surface area contributed by atoms with Crippen molar-refractivity contribution in [3.05, 3.63) is 64.2 Å². The third-order valence-corrected chi connectivity index (χ3v) is 5.38. The maximum Gasteiger partial charge on any atom is 0.321 e. The number of halogens is 2. The number of hydrogen-bond acceptors (Lipinski definition) is 7. The zero-order chi connectivity index (χ0) is 22.7. The molecule has 1 aliphatic rings. The van der Waals surface area contributed by atoms with Gasteiger partial charge in [-0.05, 0) is 29.8 Å². The van der Waals surface area contributed by atoms with Gasteiger partial charge in [-0.2, -0.15) is 4.37 Å². The van der Waals surface area contributed by atoms with Crippen molar-refractivity contribution in [2.45, 2.75) is 13.1 Å². The second-order valence-electron chi connectivity index (χ2n) is 6.81. The van der Waals surface area contributed by atoms with Crippen molar-refractivity contribution in [1.82, 2.24) is 19.6 Å².